The third-order valence-electron chi connectivity index (χ3n) is 4.21. The Balaban J connectivity index is 1.66. The zero-order chi connectivity index (χ0) is 19.3. The summed E-state index contributed by atoms with van der Waals surface area (Å²) in [5.74, 6) is 0.443. The molecule has 0 radical (unpaired) electrons. The van der Waals surface area contributed by atoms with Crippen molar-refractivity contribution in [3.63, 3.8) is 0 Å². The first kappa shape index (κ1) is 18.1. The molecule has 138 valence electrons. The number of carbonyl (C=O) groups is 1. The molecule has 0 saturated heterocycles. The van der Waals surface area contributed by atoms with Gasteiger partial charge >= 0.3 is 0 Å². The molecule has 0 spiro atoms. The highest BCUT2D eigenvalue weighted by atomic mass is 79.9. The maximum absolute atomic E-state index is 12.6. The van der Waals surface area contributed by atoms with Gasteiger partial charge in [0.15, 0.2) is 5.82 Å². The fraction of sp³-hybridized carbons (Fsp3) is 0.0455. The predicted octanol–water partition coefficient (Wildman–Crippen LogP) is 4.63. The van der Waals surface area contributed by atoms with Gasteiger partial charge in [-0.25, -0.2) is 9.67 Å². The standard InChI is InChI=1S/C22H17BrN4O/c23-18-13-11-17(12-14-18)21-25-20(26-27(21)19-9-5-2-6-10-19)22(28)24-15-16-7-3-1-4-8-16/h1-14H,15H2,(H,24,28). The fourth-order valence-electron chi connectivity index (χ4n) is 2.80. The Morgan fingerprint density at radius 2 is 1.54 bits per heavy atom. The van der Waals surface area contributed by atoms with Crippen LogP contribution in [-0.4, -0.2) is 20.7 Å². The third kappa shape index (κ3) is 4.02. The maximum Gasteiger partial charge on any atom is 0.291 e. The predicted molar refractivity (Wildman–Crippen MR) is 112 cm³/mol. The first-order chi connectivity index (χ1) is 13.7. The van der Waals surface area contributed by atoms with Crippen LogP contribution < -0.4 is 5.32 Å². The van der Waals surface area contributed by atoms with Crippen LogP contribution in [0.3, 0.4) is 0 Å². The number of rotatable bonds is 5. The number of aromatic nitrogens is 3. The number of halogens is 1. The van der Waals surface area contributed by atoms with Gasteiger partial charge in [-0.1, -0.05) is 76.6 Å². The Morgan fingerprint density at radius 3 is 2.21 bits per heavy atom. The molecule has 3 aromatic carbocycles. The molecule has 0 fully saturated rings. The van der Waals surface area contributed by atoms with Crippen LogP contribution in [0.2, 0.25) is 0 Å². The lowest BCUT2D eigenvalue weighted by molar-refractivity contribution is 0.0940. The molecular formula is C22H17BrN4O. The van der Waals surface area contributed by atoms with Crippen LogP contribution >= 0.6 is 15.9 Å². The van der Waals surface area contributed by atoms with Crippen molar-refractivity contribution in [1.29, 1.82) is 0 Å². The normalized spacial score (nSPS) is 10.6. The second kappa shape index (κ2) is 8.19. The smallest absolute Gasteiger partial charge is 0.291 e. The number of amides is 1. The van der Waals surface area contributed by atoms with Gasteiger partial charge in [-0.05, 0) is 29.8 Å². The van der Waals surface area contributed by atoms with Gasteiger partial charge in [0.1, 0.15) is 0 Å². The highest BCUT2D eigenvalue weighted by Gasteiger charge is 2.18. The largest absolute Gasteiger partial charge is 0.345 e. The zero-order valence-electron chi connectivity index (χ0n) is 14.9. The number of hydrogen-bond acceptors (Lipinski definition) is 3. The van der Waals surface area contributed by atoms with E-state index in [4.69, 9.17) is 0 Å². The lowest BCUT2D eigenvalue weighted by Crippen LogP contribution is -2.24. The number of benzene rings is 3. The molecule has 0 aliphatic rings. The summed E-state index contributed by atoms with van der Waals surface area (Å²) in [5, 5.41) is 7.36. The van der Waals surface area contributed by atoms with E-state index in [9.17, 15) is 4.79 Å². The van der Waals surface area contributed by atoms with Crippen molar-refractivity contribution in [2.24, 2.45) is 0 Å². The van der Waals surface area contributed by atoms with Gasteiger partial charge in [0.05, 0.1) is 5.69 Å². The molecule has 0 atom stereocenters. The Kier molecular flexibility index (Phi) is 5.30. The molecule has 5 nitrogen and oxygen atoms in total. The van der Waals surface area contributed by atoms with Crippen molar-refractivity contribution in [2.75, 3.05) is 0 Å². The summed E-state index contributed by atoms with van der Waals surface area (Å²) in [6, 6.07) is 27.2. The molecule has 0 aliphatic heterocycles. The fourth-order valence-corrected chi connectivity index (χ4v) is 3.06. The minimum Gasteiger partial charge on any atom is -0.345 e. The van der Waals surface area contributed by atoms with E-state index in [-0.39, 0.29) is 11.7 Å². The Labute approximate surface area is 171 Å². The Hall–Kier alpha value is -3.25. The van der Waals surface area contributed by atoms with Crippen molar-refractivity contribution >= 4 is 21.8 Å². The summed E-state index contributed by atoms with van der Waals surface area (Å²) >= 11 is 3.45. The van der Waals surface area contributed by atoms with Gasteiger partial charge in [0.2, 0.25) is 5.82 Å². The molecule has 4 rings (SSSR count). The molecule has 1 heterocycles. The van der Waals surface area contributed by atoms with Crippen molar-refractivity contribution in [3.05, 3.63) is 101 Å². The van der Waals surface area contributed by atoms with E-state index in [1.165, 1.54) is 0 Å². The summed E-state index contributed by atoms with van der Waals surface area (Å²) in [6.07, 6.45) is 0. The maximum atomic E-state index is 12.6. The first-order valence-corrected chi connectivity index (χ1v) is 9.60. The van der Waals surface area contributed by atoms with E-state index in [0.29, 0.717) is 12.4 Å². The van der Waals surface area contributed by atoms with Crippen LogP contribution in [-0.2, 0) is 6.54 Å². The van der Waals surface area contributed by atoms with Crippen LogP contribution in [0, 0.1) is 0 Å². The van der Waals surface area contributed by atoms with Crippen molar-refractivity contribution < 1.29 is 4.79 Å². The number of para-hydroxylation sites is 1. The van der Waals surface area contributed by atoms with E-state index < -0.39 is 0 Å². The van der Waals surface area contributed by atoms with Crippen LogP contribution in [0.25, 0.3) is 17.1 Å². The molecule has 6 heteroatoms. The summed E-state index contributed by atoms with van der Waals surface area (Å²) in [5.41, 5.74) is 2.74. The molecule has 4 aromatic rings. The van der Waals surface area contributed by atoms with E-state index in [0.717, 1.165) is 21.3 Å². The molecule has 0 unspecified atom stereocenters. The van der Waals surface area contributed by atoms with Gasteiger partial charge in [-0.2, -0.15) is 0 Å². The van der Waals surface area contributed by atoms with E-state index >= 15 is 0 Å². The van der Waals surface area contributed by atoms with E-state index in [1.54, 1.807) is 4.68 Å². The molecule has 28 heavy (non-hydrogen) atoms. The SMILES string of the molecule is O=C(NCc1ccccc1)c1nc(-c2ccc(Br)cc2)n(-c2ccccc2)n1. The minimum atomic E-state index is -0.308. The molecule has 1 aromatic heterocycles. The van der Waals surface area contributed by atoms with Crippen molar-refractivity contribution in [3.8, 4) is 17.1 Å². The van der Waals surface area contributed by atoms with E-state index in [1.807, 2.05) is 84.9 Å². The molecular weight excluding hydrogens is 416 g/mol. The van der Waals surface area contributed by atoms with Crippen LogP contribution in [0.1, 0.15) is 16.2 Å². The van der Waals surface area contributed by atoms with Gasteiger partial charge in [-0.15, -0.1) is 5.10 Å². The minimum absolute atomic E-state index is 0.137. The van der Waals surface area contributed by atoms with Crippen molar-refractivity contribution in [1.82, 2.24) is 20.1 Å². The molecule has 1 N–H and O–H groups in total. The summed E-state index contributed by atoms with van der Waals surface area (Å²) < 4.78 is 2.67. The second-order valence-corrected chi connectivity index (χ2v) is 7.10. The highest BCUT2D eigenvalue weighted by Crippen LogP contribution is 2.23. The topological polar surface area (TPSA) is 59.8 Å². The van der Waals surface area contributed by atoms with Gasteiger partial charge in [0, 0.05) is 16.6 Å². The number of hydrogen-bond donors (Lipinski definition) is 1. The zero-order valence-corrected chi connectivity index (χ0v) is 16.5. The molecule has 1 amide bonds. The molecule has 0 saturated carbocycles. The van der Waals surface area contributed by atoms with Crippen LogP contribution in [0.5, 0.6) is 0 Å². The van der Waals surface area contributed by atoms with E-state index in [2.05, 4.69) is 31.3 Å². The Morgan fingerprint density at radius 1 is 0.893 bits per heavy atom. The first-order valence-electron chi connectivity index (χ1n) is 8.81. The lowest BCUT2D eigenvalue weighted by Gasteiger charge is -2.05. The Bertz CT molecular complexity index is 1080. The monoisotopic (exact) mass is 432 g/mol. The number of carbonyl (C=O) groups excluding carboxylic acids is 1. The highest BCUT2D eigenvalue weighted by molar-refractivity contribution is 9.10. The van der Waals surface area contributed by atoms with Crippen LogP contribution in [0.15, 0.2) is 89.4 Å². The van der Waals surface area contributed by atoms with Gasteiger partial charge in [-0.3, -0.25) is 4.79 Å². The summed E-state index contributed by atoms with van der Waals surface area (Å²) in [4.78, 5) is 17.2. The van der Waals surface area contributed by atoms with Gasteiger partial charge in [0.25, 0.3) is 5.91 Å². The molecule has 0 bridgehead atoms. The van der Waals surface area contributed by atoms with Gasteiger partial charge < -0.3 is 5.32 Å². The summed E-state index contributed by atoms with van der Waals surface area (Å²) in [6.45, 7) is 0.424. The summed E-state index contributed by atoms with van der Waals surface area (Å²) in [7, 11) is 0. The average molecular weight is 433 g/mol. The third-order valence-corrected chi connectivity index (χ3v) is 4.74. The lowest BCUT2D eigenvalue weighted by atomic mass is 10.2. The van der Waals surface area contributed by atoms with Crippen molar-refractivity contribution in [2.45, 2.75) is 6.54 Å². The quantitative estimate of drug-likeness (QED) is 0.500. The number of nitrogens with zero attached hydrogens (tertiary/aromatic N) is 3. The van der Waals surface area contributed by atoms with Crippen LogP contribution in [0.4, 0.5) is 0 Å². The number of nitrogens with one attached hydrogen (secondary N) is 1. The second-order valence-electron chi connectivity index (χ2n) is 6.18. The average Bonchev–Trinajstić information content (AvgIpc) is 3.19. The molecule has 0 aliphatic carbocycles.